The molecule has 0 aliphatic heterocycles. The van der Waals surface area contributed by atoms with Gasteiger partial charge in [0.1, 0.15) is 0 Å². The van der Waals surface area contributed by atoms with Crippen molar-refractivity contribution in [3.05, 3.63) is 12.2 Å². The molecule has 0 unspecified atom stereocenters. The molecule has 0 aliphatic carbocycles. The molecule has 0 atom stereocenters. The number of hydrogen-bond acceptors (Lipinski definition) is 3. The predicted octanol–water partition coefficient (Wildman–Crippen LogP) is 1.27. The Labute approximate surface area is 73.2 Å². The highest BCUT2D eigenvalue weighted by molar-refractivity contribution is 7.99. The molecule has 0 radical (unpaired) electrons. The Morgan fingerprint density at radius 2 is 2.27 bits per heavy atom. The van der Waals surface area contributed by atoms with Crippen LogP contribution in [0.5, 0.6) is 0 Å². The fraction of sp³-hybridized carbons (Fsp3) is 0.750. The molecular weight excluding hydrogens is 158 g/mol. The van der Waals surface area contributed by atoms with Crippen molar-refractivity contribution in [2.75, 3.05) is 31.8 Å². The fourth-order valence-corrected chi connectivity index (χ4v) is 1.38. The molecule has 0 fully saturated rings. The molecule has 0 aromatic rings. The molecule has 0 aliphatic rings. The van der Waals surface area contributed by atoms with Crippen LogP contribution >= 0.6 is 11.8 Å². The van der Waals surface area contributed by atoms with Gasteiger partial charge in [-0.15, -0.1) is 0 Å². The topological polar surface area (TPSA) is 35.2 Å². The van der Waals surface area contributed by atoms with E-state index in [-0.39, 0.29) is 0 Å². The van der Waals surface area contributed by atoms with Crippen LogP contribution in [-0.2, 0) is 4.74 Å². The summed E-state index contributed by atoms with van der Waals surface area (Å²) in [5, 5.41) is 0. The third kappa shape index (κ3) is 10.0. The lowest BCUT2D eigenvalue weighted by atomic mass is 10.5. The lowest BCUT2D eigenvalue weighted by Gasteiger charge is -1.96. The highest BCUT2D eigenvalue weighted by Crippen LogP contribution is 2.01. The van der Waals surface area contributed by atoms with E-state index in [1.54, 1.807) is 7.11 Å². The lowest BCUT2D eigenvalue weighted by molar-refractivity contribution is 0.200. The average Bonchev–Trinajstić information content (AvgIpc) is 2.03. The summed E-state index contributed by atoms with van der Waals surface area (Å²) in [5.41, 5.74) is 5.27. The second-order valence-electron chi connectivity index (χ2n) is 2.13. The molecule has 0 rings (SSSR count). The number of thioether (sulfide) groups is 1. The Morgan fingerprint density at radius 3 is 2.91 bits per heavy atom. The minimum absolute atomic E-state index is 0.651. The summed E-state index contributed by atoms with van der Waals surface area (Å²) >= 11 is 1.91. The van der Waals surface area contributed by atoms with Crippen molar-refractivity contribution in [2.24, 2.45) is 5.73 Å². The van der Waals surface area contributed by atoms with Crippen LogP contribution in [0, 0.1) is 0 Å². The zero-order chi connectivity index (χ0) is 8.36. The molecule has 0 heterocycles. The fourth-order valence-electron chi connectivity index (χ4n) is 0.621. The third-order valence-corrected chi connectivity index (χ3v) is 2.16. The normalized spacial score (nSPS) is 11.1. The molecule has 0 aromatic carbocycles. The first-order valence-electron chi connectivity index (χ1n) is 3.83. The first-order valence-corrected chi connectivity index (χ1v) is 4.99. The highest BCUT2D eigenvalue weighted by atomic mass is 32.2. The van der Waals surface area contributed by atoms with Crippen molar-refractivity contribution in [3.8, 4) is 0 Å². The molecular formula is C8H17NOS. The molecule has 0 amide bonds. The van der Waals surface area contributed by atoms with Crippen molar-refractivity contribution in [1.29, 1.82) is 0 Å². The number of methoxy groups -OCH3 is 1. The van der Waals surface area contributed by atoms with Gasteiger partial charge in [-0.2, -0.15) is 11.8 Å². The summed E-state index contributed by atoms with van der Waals surface area (Å²) in [4.78, 5) is 0. The molecule has 11 heavy (non-hydrogen) atoms. The number of nitrogens with two attached hydrogens (primary N) is 1. The van der Waals surface area contributed by atoms with Gasteiger partial charge in [0, 0.05) is 26.0 Å². The van der Waals surface area contributed by atoms with Crippen molar-refractivity contribution < 1.29 is 4.74 Å². The van der Waals surface area contributed by atoms with Crippen molar-refractivity contribution >= 4 is 11.8 Å². The van der Waals surface area contributed by atoms with Crippen molar-refractivity contribution in [3.63, 3.8) is 0 Å². The van der Waals surface area contributed by atoms with Gasteiger partial charge in [0.25, 0.3) is 0 Å². The lowest BCUT2D eigenvalue weighted by Crippen LogP contribution is -1.93. The van der Waals surface area contributed by atoms with Crippen LogP contribution in [0.2, 0.25) is 0 Å². The number of ether oxygens (including phenoxy) is 1. The maximum absolute atomic E-state index is 5.27. The van der Waals surface area contributed by atoms with Gasteiger partial charge in [0.15, 0.2) is 0 Å². The van der Waals surface area contributed by atoms with Gasteiger partial charge >= 0.3 is 0 Å². The van der Waals surface area contributed by atoms with Crippen LogP contribution in [0.15, 0.2) is 12.2 Å². The second-order valence-corrected chi connectivity index (χ2v) is 3.28. The minimum Gasteiger partial charge on any atom is -0.385 e. The van der Waals surface area contributed by atoms with Crippen molar-refractivity contribution in [1.82, 2.24) is 0 Å². The van der Waals surface area contributed by atoms with Crippen molar-refractivity contribution in [2.45, 2.75) is 6.42 Å². The van der Waals surface area contributed by atoms with E-state index in [0.29, 0.717) is 6.54 Å². The second kappa shape index (κ2) is 10.0. The standard InChI is InChI=1S/C8H17NOS/c1-10-6-4-8-11-7-3-2-5-9/h2-3H,4-9H2,1H3/b3-2+. The van der Waals surface area contributed by atoms with E-state index in [4.69, 9.17) is 10.5 Å². The van der Waals surface area contributed by atoms with Crippen LogP contribution in [0.4, 0.5) is 0 Å². The Morgan fingerprint density at radius 1 is 1.45 bits per heavy atom. The van der Waals surface area contributed by atoms with E-state index in [0.717, 1.165) is 18.8 Å². The van der Waals surface area contributed by atoms with Gasteiger partial charge in [-0.05, 0) is 12.2 Å². The SMILES string of the molecule is COCCCSC/C=C/CN. The molecule has 0 saturated heterocycles. The smallest absolute Gasteiger partial charge is 0.0470 e. The van der Waals surface area contributed by atoms with E-state index in [1.807, 2.05) is 17.8 Å². The highest BCUT2D eigenvalue weighted by Gasteiger charge is 1.85. The Hall–Kier alpha value is 0.01000. The van der Waals surface area contributed by atoms with Crippen LogP contribution in [0.25, 0.3) is 0 Å². The Balaban J connectivity index is 2.85. The summed E-state index contributed by atoms with van der Waals surface area (Å²) < 4.78 is 4.92. The quantitative estimate of drug-likeness (QED) is 0.467. The third-order valence-electron chi connectivity index (χ3n) is 1.15. The summed E-state index contributed by atoms with van der Waals surface area (Å²) in [5.74, 6) is 2.24. The molecule has 2 nitrogen and oxygen atoms in total. The Bertz CT molecular complexity index is 96.1. The van der Waals surface area contributed by atoms with Gasteiger partial charge in [-0.3, -0.25) is 0 Å². The van der Waals surface area contributed by atoms with Crippen LogP contribution in [0.1, 0.15) is 6.42 Å². The van der Waals surface area contributed by atoms with E-state index < -0.39 is 0 Å². The summed E-state index contributed by atoms with van der Waals surface area (Å²) in [6.45, 7) is 1.52. The van der Waals surface area contributed by atoms with E-state index in [2.05, 4.69) is 6.08 Å². The maximum atomic E-state index is 5.27. The van der Waals surface area contributed by atoms with Gasteiger partial charge in [-0.25, -0.2) is 0 Å². The Kier molecular flexibility index (Phi) is 10.0. The molecule has 66 valence electrons. The van der Waals surface area contributed by atoms with Gasteiger partial charge < -0.3 is 10.5 Å². The minimum atomic E-state index is 0.651. The molecule has 0 saturated carbocycles. The summed E-state index contributed by atoms with van der Waals surface area (Å²) in [6.07, 6.45) is 5.23. The molecule has 3 heteroatoms. The van der Waals surface area contributed by atoms with E-state index >= 15 is 0 Å². The van der Waals surface area contributed by atoms with Gasteiger partial charge in [0.05, 0.1) is 0 Å². The maximum Gasteiger partial charge on any atom is 0.0470 e. The van der Waals surface area contributed by atoms with Crippen LogP contribution in [-0.4, -0.2) is 31.8 Å². The largest absolute Gasteiger partial charge is 0.385 e. The van der Waals surface area contributed by atoms with E-state index in [1.165, 1.54) is 5.75 Å². The molecule has 0 aromatic heterocycles. The molecule has 0 spiro atoms. The first-order chi connectivity index (χ1) is 5.41. The summed E-state index contributed by atoms with van der Waals surface area (Å²) in [6, 6.07) is 0. The van der Waals surface area contributed by atoms with Gasteiger partial charge in [0.2, 0.25) is 0 Å². The summed E-state index contributed by atoms with van der Waals surface area (Å²) in [7, 11) is 1.74. The number of rotatable bonds is 7. The van der Waals surface area contributed by atoms with Crippen LogP contribution < -0.4 is 5.73 Å². The average molecular weight is 175 g/mol. The first kappa shape index (κ1) is 11.0. The monoisotopic (exact) mass is 175 g/mol. The van der Waals surface area contributed by atoms with Crippen LogP contribution in [0.3, 0.4) is 0 Å². The molecule has 2 N–H and O–H groups in total. The van der Waals surface area contributed by atoms with Gasteiger partial charge in [-0.1, -0.05) is 12.2 Å². The zero-order valence-corrected chi connectivity index (χ0v) is 7.90. The molecule has 0 bridgehead atoms. The zero-order valence-electron chi connectivity index (χ0n) is 7.08. The predicted molar refractivity (Wildman–Crippen MR) is 52.0 cm³/mol. The number of hydrogen-bond donors (Lipinski definition) is 1. The van der Waals surface area contributed by atoms with E-state index in [9.17, 15) is 0 Å².